The molecular formula is C23H31N3O5. The molecule has 8 nitrogen and oxygen atoms in total. The molecule has 2 rings (SSSR count). The number of aryl methyl sites for hydroxylation is 1. The van der Waals surface area contributed by atoms with E-state index < -0.39 is 17.6 Å². The molecule has 0 saturated heterocycles. The lowest BCUT2D eigenvalue weighted by molar-refractivity contribution is -0.140. The molecule has 0 bridgehead atoms. The molecule has 0 aliphatic rings. The van der Waals surface area contributed by atoms with Crippen molar-refractivity contribution in [3.63, 3.8) is 0 Å². The Kier molecular flexibility index (Phi) is 7.60. The second-order valence-electron chi connectivity index (χ2n) is 8.47. The third kappa shape index (κ3) is 6.41. The number of amides is 1. The van der Waals surface area contributed by atoms with Crippen molar-refractivity contribution in [3.8, 4) is 5.69 Å². The molecule has 1 aromatic carbocycles. The van der Waals surface area contributed by atoms with Crippen LogP contribution in [0.4, 0.5) is 0 Å². The lowest BCUT2D eigenvalue weighted by Crippen LogP contribution is -2.46. The van der Waals surface area contributed by atoms with E-state index in [0.29, 0.717) is 12.0 Å². The van der Waals surface area contributed by atoms with Gasteiger partial charge in [-0.25, -0.2) is 9.48 Å². The lowest BCUT2D eigenvalue weighted by atomic mass is 10.1. The number of hydrogen-bond donors (Lipinski definition) is 1. The van der Waals surface area contributed by atoms with E-state index in [1.165, 1.54) is 7.11 Å². The van der Waals surface area contributed by atoms with Crippen molar-refractivity contribution >= 4 is 17.8 Å². The van der Waals surface area contributed by atoms with E-state index in [1.54, 1.807) is 35.9 Å². The first-order chi connectivity index (χ1) is 14.4. The highest BCUT2D eigenvalue weighted by Crippen LogP contribution is 2.20. The summed E-state index contributed by atoms with van der Waals surface area (Å²) >= 11 is 0. The number of rotatable bonds is 7. The van der Waals surface area contributed by atoms with Crippen LogP contribution in [0.5, 0.6) is 0 Å². The van der Waals surface area contributed by atoms with Crippen LogP contribution in [-0.2, 0) is 25.5 Å². The van der Waals surface area contributed by atoms with Gasteiger partial charge in [-0.15, -0.1) is 0 Å². The predicted molar refractivity (Wildman–Crippen MR) is 116 cm³/mol. The largest absolute Gasteiger partial charge is 0.469 e. The second-order valence-corrected chi connectivity index (χ2v) is 8.47. The van der Waals surface area contributed by atoms with E-state index >= 15 is 0 Å². The standard InChI is InChI=1S/C23H31N3O5/c1-14-19(12-13-20(27)30-7)15(2)26(25-14)18-10-8-17(9-11-18)22(29)31-16(3)21(28)24-23(4,5)6/h8-11,16H,12-13H2,1-7H3,(H,24,28). The molecule has 0 radical (unpaired) electrons. The van der Waals surface area contributed by atoms with Gasteiger partial charge in [-0.05, 0) is 77.8 Å². The maximum absolute atomic E-state index is 12.4. The molecule has 0 saturated carbocycles. The minimum absolute atomic E-state index is 0.264. The van der Waals surface area contributed by atoms with Gasteiger partial charge in [0, 0.05) is 17.7 Å². The van der Waals surface area contributed by atoms with Crippen molar-refractivity contribution < 1.29 is 23.9 Å². The lowest BCUT2D eigenvalue weighted by Gasteiger charge is -2.23. The van der Waals surface area contributed by atoms with Crippen LogP contribution in [0.25, 0.3) is 5.69 Å². The predicted octanol–water partition coefficient (Wildman–Crippen LogP) is 3.05. The highest BCUT2D eigenvalue weighted by Gasteiger charge is 2.23. The number of carbonyl (C=O) groups excluding carboxylic acids is 3. The number of hydrogen-bond acceptors (Lipinski definition) is 6. The molecule has 8 heteroatoms. The average Bonchev–Trinajstić information content (AvgIpc) is 2.98. The second kappa shape index (κ2) is 9.76. The number of benzene rings is 1. The minimum atomic E-state index is -0.903. The zero-order chi connectivity index (χ0) is 23.3. The van der Waals surface area contributed by atoms with Crippen LogP contribution in [0.1, 0.15) is 61.4 Å². The van der Waals surface area contributed by atoms with Crippen molar-refractivity contribution in [2.75, 3.05) is 7.11 Å². The Bertz CT molecular complexity index is 955. The molecule has 1 unspecified atom stereocenters. The number of methoxy groups -OCH3 is 1. The van der Waals surface area contributed by atoms with Gasteiger partial charge < -0.3 is 14.8 Å². The van der Waals surface area contributed by atoms with Gasteiger partial charge in [0.2, 0.25) is 0 Å². The fourth-order valence-electron chi connectivity index (χ4n) is 3.11. The van der Waals surface area contributed by atoms with E-state index in [1.807, 2.05) is 34.6 Å². The Morgan fingerprint density at radius 1 is 1.13 bits per heavy atom. The fourth-order valence-corrected chi connectivity index (χ4v) is 3.11. The molecule has 1 heterocycles. The SMILES string of the molecule is COC(=O)CCc1c(C)nn(-c2ccc(C(=O)OC(C)C(=O)NC(C)(C)C)cc2)c1C. The molecule has 31 heavy (non-hydrogen) atoms. The summed E-state index contributed by atoms with van der Waals surface area (Å²) in [6.07, 6.45) is -0.0707. The first-order valence-electron chi connectivity index (χ1n) is 10.2. The Morgan fingerprint density at radius 2 is 1.74 bits per heavy atom. The van der Waals surface area contributed by atoms with Crippen LogP contribution in [0.2, 0.25) is 0 Å². The van der Waals surface area contributed by atoms with Crippen LogP contribution in [-0.4, -0.2) is 46.4 Å². The first-order valence-corrected chi connectivity index (χ1v) is 10.2. The fraction of sp³-hybridized carbons (Fsp3) is 0.478. The van der Waals surface area contributed by atoms with E-state index in [2.05, 4.69) is 10.4 Å². The summed E-state index contributed by atoms with van der Waals surface area (Å²) in [6.45, 7) is 10.9. The van der Waals surface area contributed by atoms with Gasteiger partial charge in [-0.2, -0.15) is 5.10 Å². The Balaban J connectivity index is 2.10. The molecule has 0 aliphatic heterocycles. The van der Waals surface area contributed by atoms with Gasteiger partial charge >= 0.3 is 11.9 Å². The Hall–Kier alpha value is -3.16. The monoisotopic (exact) mass is 429 g/mol. The molecule has 0 spiro atoms. The Labute approximate surface area is 182 Å². The molecule has 1 amide bonds. The van der Waals surface area contributed by atoms with E-state index in [9.17, 15) is 14.4 Å². The van der Waals surface area contributed by atoms with Gasteiger partial charge in [0.15, 0.2) is 6.10 Å². The highest BCUT2D eigenvalue weighted by atomic mass is 16.5. The summed E-state index contributed by atoms with van der Waals surface area (Å²) in [5.74, 6) is -1.19. The van der Waals surface area contributed by atoms with Crippen LogP contribution < -0.4 is 5.32 Å². The summed E-state index contributed by atoms with van der Waals surface area (Å²) < 4.78 is 11.8. The number of carbonyl (C=O) groups is 3. The number of aromatic nitrogens is 2. The smallest absolute Gasteiger partial charge is 0.338 e. The van der Waals surface area contributed by atoms with Crippen molar-refractivity contribution in [1.82, 2.24) is 15.1 Å². The van der Waals surface area contributed by atoms with Crippen molar-refractivity contribution in [3.05, 3.63) is 46.8 Å². The molecular weight excluding hydrogens is 398 g/mol. The van der Waals surface area contributed by atoms with E-state index in [0.717, 1.165) is 22.6 Å². The molecule has 1 atom stereocenters. The van der Waals surface area contributed by atoms with Crippen molar-refractivity contribution in [2.24, 2.45) is 0 Å². The number of nitrogens with zero attached hydrogens (tertiary/aromatic N) is 2. The maximum atomic E-state index is 12.4. The molecule has 1 aromatic heterocycles. The summed E-state index contributed by atoms with van der Waals surface area (Å²) in [7, 11) is 1.37. The number of nitrogens with one attached hydrogen (secondary N) is 1. The van der Waals surface area contributed by atoms with E-state index in [-0.39, 0.29) is 18.3 Å². The maximum Gasteiger partial charge on any atom is 0.338 e. The third-order valence-corrected chi connectivity index (χ3v) is 4.75. The summed E-state index contributed by atoms with van der Waals surface area (Å²) in [4.78, 5) is 36.0. The van der Waals surface area contributed by atoms with Crippen LogP contribution in [0.3, 0.4) is 0 Å². The minimum Gasteiger partial charge on any atom is -0.469 e. The molecule has 168 valence electrons. The number of esters is 2. The normalized spacial score (nSPS) is 12.2. The zero-order valence-corrected chi connectivity index (χ0v) is 19.2. The van der Waals surface area contributed by atoms with Gasteiger partial charge in [-0.1, -0.05) is 0 Å². The quantitative estimate of drug-likeness (QED) is 0.679. The van der Waals surface area contributed by atoms with Gasteiger partial charge in [0.25, 0.3) is 5.91 Å². The van der Waals surface area contributed by atoms with E-state index in [4.69, 9.17) is 9.47 Å². The molecule has 0 aliphatic carbocycles. The van der Waals surface area contributed by atoms with Crippen molar-refractivity contribution in [2.45, 2.75) is 66.0 Å². The van der Waals surface area contributed by atoms with Gasteiger partial charge in [0.05, 0.1) is 24.1 Å². The number of ether oxygens (including phenoxy) is 2. The van der Waals surface area contributed by atoms with Crippen LogP contribution in [0, 0.1) is 13.8 Å². The zero-order valence-electron chi connectivity index (χ0n) is 19.2. The topological polar surface area (TPSA) is 99.5 Å². The average molecular weight is 430 g/mol. The first kappa shape index (κ1) is 24.1. The highest BCUT2D eigenvalue weighted by molar-refractivity contribution is 5.92. The summed E-state index contributed by atoms with van der Waals surface area (Å²) in [5, 5.41) is 7.34. The molecule has 2 aromatic rings. The van der Waals surface area contributed by atoms with Crippen LogP contribution in [0.15, 0.2) is 24.3 Å². The van der Waals surface area contributed by atoms with Gasteiger partial charge in [-0.3, -0.25) is 9.59 Å². The van der Waals surface area contributed by atoms with Crippen LogP contribution >= 0.6 is 0 Å². The third-order valence-electron chi connectivity index (χ3n) is 4.75. The molecule has 0 fully saturated rings. The Morgan fingerprint density at radius 3 is 2.29 bits per heavy atom. The summed E-state index contributed by atoms with van der Waals surface area (Å²) in [5.41, 5.74) is 3.46. The van der Waals surface area contributed by atoms with Gasteiger partial charge in [0.1, 0.15) is 0 Å². The molecule has 1 N–H and O–H groups in total. The summed E-state index contributed by atoms with van der Waals surface area (Å²) in [6, 6.07) is 6.80. The van der Waals surface area contributed by atoms with Crippen molar-refractivity contribution in [1.29, 1.82) is 0 Å².